The van der Waals surface area contributed by atoms with Gasteiger partial charge in [-0.3, -0.25) is 4.98 Å². The lowest BCUT2D eigenvalue weighted by Gasteiger charge is -2.28. The largest absolute Gasteiger partial charge is 0.437 e. The van der Waals surface area contributed by atoms with Gasteiger partial charge in [-0.1, -0.05) is 24.3 Å². The average Bonchev–Trinajstić information content (AvgIpc) is 3.37. The fourth-order valence-electron chi connectivity index (χ4n) is 4.93. The van der Waals surface area contributed by atoms with Gasteiger partial charge >= 0.3 is 5.63 Å². The van der Waals surface area contributed by atoms with Crippen molar-refractivity contribution in [1.29, 1.82) is 0 Å². The number of anilines is 1. The molecule has 1 atom stereocenters. The zero-order valence-electron chi connectivity index (χ0n) is 20.3. The molecule has 7 rings (SSSR count). The van der Waals surface area contributed by atoms with Gasteiger partial charge in [-0.05, 0) is 57.9 Å². The third-order valence-electron chi connectivity index (χ3n) is 6.64. The summed E-state index contributed by atoms with van der Waals surface area (Å²) in [5.74, 6) is 0.668. The second kappa shape index (κ2) is 8.49. The molecule has 9 nitrogen and oxygen atoms in total. The van der Waals surface area contributed by atoms with Gasteiger partial charge in [-0.15, -0.1) is 5.10 Å². The molecule has 1 aliphatic heterocycles. The molecule has 186 valence electrons. The Bertz CT molecular complexity index is 1930. The summed E-state index contributed by atoms with van der Waals surface area (Å²) in [4.78, 5) is 29.4. The lowest BCUT2D eigenvalue weighted by atomic mass is 9.84. The first-order valence-corrected chi connectivity index (χ1v) is 12.7. The summed E-state index contributed by atoms with van der Waals surface area (Å²) in [5.41, 5.74) is 3.99. The van der Waals surface area contributed by atoms with E-state index in [4.69, 9.17) is 14.1 Å². The number of hydrogen-bond acceptors (Lipinski definition) is 8. The molecule has 10 heteroatoms. The Balaban J connectivity index is 1.55. The summed E-state index contributed by atoms with van der Waals surface area (Å²) in [5, 5.41) is 5.30. The van der Waals surface area contributed by atoms with Crippen molar-refractivity contribution >= 4 is 38.2 Å². The lowest BCUT2D eigenvalue weighted by molar-refractivity contribution is 0.422. The van der Waals surface area contributed by atoms with Crippen molar-refractivity contribution in [1.82, 2.24) is 24.6 Å². The molecule has 38 heavy (non-hydrogen) atoms. The fourth-order valence-corrected chi connectivity index (χ4v) is 5.68. The number of benzene rings is 2. The Hall–Kier alpha value is -4.57. The smallest absolute Gasteiger partial charge is 0.344 e. The number of ether oxygens (including phenoxy) is 1. The van der Waals surface area contributed by atoms with E-state index in [0.717, 1.165) is 15.7 Å². The minimum Gasteiger partial charge on any atom is -0.437 e. The third kappa shape index (κ3) is 3.41. The molecule has 0 N–H and O–H groups in total. The number of aromatic nitrogens is 5. The molecule has 1 unspecified atom stereocenters. The first-order valence-electron chi connectivity index (χ1n) is 11.9. The van der Waals surface area contributed by atoms with E-state index < -0.39 is 11.5 Å². The van der Waals surface area contributed by atoms with Crippen molar-refractivity contribution < 1.29 is 9.15 Å². The summed E-state index contributed by atoms with van der Waals surface area (Å²) < 4.78 is 14.6. The molecular formula is C28H19BrN6O3. The molecule has 0 amide bonds. The highest BCUT2D eigenvalue weighted by molar-refractivity contribution is 9.10. The molecule has 0 spiro atoms. The highest BCUT2D eigenvalue weighted by Gasteiger charge is 2.37. The predicted molar refractivity (Wildman–Crippen MR) is 146 cm³/mol. The molecule has 4 aromatic heterocycles. The maximum atomic E-state index is 13.6. The quantitative estimate of drug-likeness (QED) is 0.262. The van der Waals surface area contributed by atoms with Crippen LogP contribution in [0.3, 0.4) is 0 Å². The minimum absolute atomic E-state index is 0.360. The van der Waals surface area contributed by atoms with Crippen LogP contribution in [0, 0.1) is 0 Å². The van der Waals surface area contributed by atoms with Crippen LogP contribution in [-0.4, -0.2) is 38.7 Å². The van der Waals surface area contributed by atoms with Gasteiger partial charge in [0, 0.05) is 24.8 Å². The SMILES string of the molecule is CN(C)c1ccc(C2c3c(c4ccccc4oc3=O)Oc3ncn4nc(-c5ccccn5)nc4c32)cc1Br. The minimum atomic E-state index is -0.570. The number of pyridine rings is 1. The van der Waals surface area contributed by atoms with Crippen molar-refractivity contribution in [3.05, 3.63) is 105 Å². The molecule has 6 aromatic rings. The molecule has 2 aromatic carbocycles. The molecule has 1 aliphatic rings. The maximum Gasteiger partial charge on any atom is 0.344 e. The zero-order chi connectivity index (χ0) is 26.0. The monoisotopic (exact) mass is 566 g/mol. The van der Waals surface area contributed by atoms with Gasteiger partial charge in [-0.2, -0.15) is 0 Å². The van der Waals surface area contributed by atoms with Crippen molar-refractivity contribution in [2.24, 2.45) is 0 Å². The molecule has 0 saturated heterocycles. The van der Waals surface area contributed by atoms with Crippen LogP contribution < -0.4 is 15.3 Å². The van der Waals surface area contributed by atoms with Gasteiger partial charge in [0.05, 0.1) is 28.1 Å². The van der Waals surface area contributed by atoms with E-state index in [-0.39, 0.29) is 0 Å². The maximum absolute atomic E-state index is 13.6. The Labute approximate surface area is 224 Å². The summed E-state index contributed by atoms with van der Waals surface area (Å²) in [6.45, 7) is 0. The number of para-hydroxylation sites is 1. The van der Waals surface area contributed by atoms with E-state index in [9.17, 15) is 4.79 Å². The van der Waals surface area contributed by atoms with Crippen LogP contribution in [0.15, 0.2) is 86.9 Å². The Morgan fingerprint density at radius 3 is 2.63 bits per heavy atom. The van der Waals surface area contributed by atoms with E-state index in [1.165, 1.54) is 0 Å². The van der Waals surface area contributed by atoms with Crippen molar-refractivity contribution in [3.63, 3.8) is 0 Å². The first kappa shape index (κ1) is 22.6. The van der Waals surface area contributed by atoms with Crippen molar-refractivity contribution in [2.75, 3.05) is 19.0 Å². The molecule has 0 radical (unpaired) electrons. The topological polar surface area (TPSA) is 98.7 Å². The number of hydrogen-bond donors (Lipinski definition) is 0. The van der Waals surface area contributed by atoms with E-state index >= 15 is 0 Å². The number of fused-ring (bicyclic) bond motifs is 6. The Kier molecular flexibility index (Phi) is 5.05. The van der Waals surface area contributed by atoms with Gasteiger partial charge in [0.1, 0.15) is 17.6 Å². The summed E-state index contributed by atoms with van der Waals surface area (Å²) in [6, 6.07) is 18.9. The van der Waals surface area contributed by atoms with Gasteiger partial charge in [0.15, 0.2) is 11.4 Å². The summed E-state index contributed by atoms with van der Waals surface area (Å²) in [6.07, 6.45) is 3.26. The number of halogens is 1. The lowest BCUT2D eigenvalue weighted by Crippen LogP contribution is -2.22. The highest BCUT2D eigenvalue weighted by Crippen LogP contribution is 2.49. The second-order valence-corrected chi connectivity index (χ2v) is 10.0. The van der Waals surface area contributed by atoms with Crippen molar-refractivity contribution in [3.8, 4) is 23.1 Å². The van der Waals surface area contributed by atoms with Crippen LogP contribution in [0.25, 0.3) is 28.1 Å². The van der Waals surface area contributed by atoms with Crippen LogP contribution in [0.5, 0.6) is 11.6 Å². The molecule has 0 fully saturated rings. The van der Waals surface area contributed by atoms with Gasteiger partial charge in [0.2, 0.25) is 11.7 Å². The van der Waals surface area contributed by atoms with E-state index in [1.54, 1.807) is 23.1 Å². The molecule has 0 aliphatic carbocycles. The first-order chi connectivity index (χ1) is 18.5. The van der Waals surface area contributed by atoms with Gasteiger partial charge in [-0.25, -0.2) is 19.3 Å². The Morgan fingerprint density at radius 1 is 1.00 bits per heavy atom. The summed E-state index contributed by atoms with van der Waals surface area (Å²) >= 11 is 3.71. The van der Waals surface area contributed by atoms with E-state index in [0.29, 0.717) is 50.9 Å². The van der Waals surface area contributed by atoms with Crippen LogP contribution in [-0.2, 0) is 0 Å². The average molecular weight is 567 g/mol. The normalized spacial score (nSPS) is 14.2. The fraction of sp³-hybridized carbons (Fsp3) is 0.107. The molecular weight excluding hydrogens is 548 g/mol. The van der Waals surface area contributed by atoms with Gasteiger partial charge < -0.3 is 14.1 Å². The van der Waals surface area contributed by atoms with Crippen LogP contribution in [0.1, 0.15) is 22.6 Å². The Morgan fingerprint density at radius 2 is 1.84 bits per heavy atom. The van der Waals surface area contributed by atoms with Crippen LogP contribution in [0.2, 0.25) is 0 Å². The zero-order valence-corrected chi connectivity index (χ0v) is 21.9. The van der Waals surface area contributed by atoms with Gasteiger partial charge in [0.25, 0.3) is 0 Å². The molecule has 5 heterocycles. The van der Waals surface area contributed by atoms with Crippen LogP contribution >= 0.6 is 15.9 Å². The molecule has 0 saturated carbocycles. The molecule has 0 bridgehead atoms. The third-order valence-corrected chi connectivity index (χ3v) is 7.28. The predicted octanol–water partition coefficient (Wildman–Crippen LogP) is 5.41. The second-order valence-electron chi connectivity index (χ2n) is 9.15. The highest BCUT2D eigenvalue weighted by atomic mass is 79.9. The van der Waals surface area contributed by atoms with Crippen molar-refractivity contribution in [2.45, 2.75) is 5.92 Å². The number of nitrogens with zero attached hydrogens (tertiary/aromatic N) is 6. The standard InChI is InChI=1S/C28H19BrN6O3/c1-34(2)19-11-10-15(13-17(19)29)21-22-24(16-7-3-4-9-20(16)37-28(22)36)38-27-23(21)26-32-25(33-35(26)14-31-27)18-8-5-6-12-30-18/h3-14,21H,1-2H3. The van der Waals surface area contributed by atoms with E-state index in [2.05, 4.69) is 31.0 Å². The van der Waals surface area contributed by atoms with E-state index in [1.807, 2.05) is 73.6 Å². The van der Waals surface area contributed by atoms with Crippen LogP contribution in [0.4, 0.5) is 5.69 Å². The number of rotatable bonds is 3. The summed E-state index contributed by atoms with van der Waals surface area (Å²) in [7, 11) is 3.95.